The highest BCUT2D eigenvalue weighted by Gasteiger charge is 2.51. The average Bonchev–Trinajstić information content (AvgIpc) is 3.26. The maximum atomic E-state index is 12.4. The van der Waals surface area contributed by atoms with E-state index in [2.05, 4.69) is 10.9 Å². The zero-order valence-corrected chi connectivity index (χ0v) is 14.4. The fraction of sp³-hybridized carbons (Fsp3) is 0.389. The number of carbonyl (C=O) groups excluding carboxylic acids is 2. The number of allylic oxidation sites excluding steroid dienone is 2. The maximum Gasteiger partial charge on any atom is 0.307 e. The molecule has 2 bridgehead atoms. The molecule has 2 aliphatic rings. The molecule has 4 atom stereocenters. The number of nitrogens with one attached hydrogen (secondary N) is 2. The van der Waals surface area contributed by atoms with Gasteiger partial charge in [0, 0.05) is 5.56 Å². The second kappa shape index (κ2) is 7.07. The lowest BCUT2D eigenvalue weighted by Crippen LogP contribution is -2.48. The first-order valence-corrected chi connectivity index (χ1v) is 8.19. The molecule has 1 aromatic rings. The van der Waals surface area contributed by atoms with Gasteiger partial charge in [0.15, 0.2) is 11.5 Å². The van der Waals surface area contributed by atoms with E-state index in [1.807, 2.05) is 12.2 Å². The minimum absolute atomic E-state index is 0.112. The number of hydrazine groups is 1. The Morgan fingerprint density at radius 1 is 1.00 bits per heavy atom. The minimum Gasteiger partial charge on any atom is -0.493 e. The number of carboxylic acids is 1. The smallest absolute Gasteiger partial charge is 0.307 e. The molecule has 26 heavy (non-hydrogen) atoms. The van der Waals surface area contributed by atoms with Gasteiger partial charge in [-0.15, -0.1) is 0 Å². The highest BCUT2D eigenvalue weighted by atomic mass is 16.5. The average molecular weight is 360 g/mol. The Kier molecular flexibility index (Phi) is 4.83. The van der Waals surface area contributed by atoms with Crippen molar-refractivity contribution >= 4 is 17.8 Å². The molecule has 0 aliphatic heterocycles. The summed E-state index contributed by atoms with van der Waals surface area (Å²) in [5.74, 6) is -2.85. The van der Waals surface area contributed by atoms with Crippen molar-refractivity contribution < 1.29 is 29.0 Å². The van der Waals surface area contributed by atoms with Gasteiger partial charge in [-0.25, -0.2) is 0 Å². The molecular formula is C18H20N2O6. The van der Waals surface area contributed by atoms with Crippen molar-refractivity contribution in [3.05, 3.63) is 35.9 Å². The van der Waals surface area contributed by atoms with Crippen LogP contribution in [0.15, 0.2) is 30.4 Å². The lowest BCUT2D eigenvalue weighted by molar-refractivity contribution is -0.148. The van der Waals surface area contributed by atoms with Crippen molar-refractivity contribution in [2.45, 2.75) is 6.42 Å². The number of ether oxygens (including phenoxy) is 2. The monoisotopic (exact) mass is 360 g/mol. The van der Waals surface area contributed by atoms with Crippen LogP contribution in [0.25, 0.3) is 0 Å². The lowest BCUT2D eigenvalue weighted by atomic mass is 9.82. The summed E-state index contributed by atoms with van der Waals surface area (Å²) in [6.07, 6.45) is 4.39. The van der Waals surface area contributed by atoms with Gasteiger partial charge >= 0.3 is 5.97 Å². The van der Waals surface area contributed by atoms with Crippen molar-refractivity contribution in [2.75, 3.05) is 14.2 Å². The fourth-order valence-corrected chi connectivity index (χ4v) is 3.77. The van der Waals surface area contributed by atoms with E-state index < -0.39 is 29.6 Å². The Morgan fingerprint density at radius 3 is 2.27 bits per heavy atom. The summed E-state index contributed by atoms with van der Waals surface area (Å²) in [5.41, 5.74) is 4.95. The number of carboxylic acid groups (broad SMARTS) is 1. The number of aliphatic carboxylic acids is 1. The molecule has 0 spiro atoms. The van der Waals surface area contributed by atoms with Crippen LogP contribution in [0.1, 0.15) is 16.8 Å². The molecule has 0 radical (unpaired) electrons. The summed E-state index contributed by atoms with van der Waals surface area (Å²) in [6, 6.07) is 4.60. The standard InChI is InChI=1S/C18H20N2O6/c1-25-12-6-5-11(8-13(12)26-2)16(21)19-20-17(22)14-9-3-4-10(7-9)15(14)18(23)24/h3-6,8-10,14-15H,7H2,1-2H3,(H,19,21)(H,20,22)(H,23,24)/t9-,10-,14+,15+/m0/s1. The van der Waals surface area contributed by atoms with Crippen molar-refractivity contribution in [3.63, 3.8) is 0 Å². The molecule has 0 saturated heterocycles. The zero-order valence-electron chi connectivity index (χ0n) is 14.4. The molecule has 2 aliphatic carbocycles. The second-order valence-corrected chi connectivity index (χ2v) is 6.35. The summed E-state index contributed by atoms with van der Waals surface area (Å²) >= 11 is 0. The predicted molar refractivity (Wildman–Crippen MR) is 90.5 cm³/mol. The van der Waals surface area contributed by atoms with Gasteiger partial charge in [0.05, 0.1) is 26.1 Å². The summed E-state index contributed by atoms with van der Waals surface area (Å²) < 4.78 is 10.3. The molecule has 1 fully saturated rings. The van der Waals surface area contributed by atoms with Crippen LogP contribution in [0.2, 0.25) is 0 Å². The first-order chi connectivity index (χ1) is 12.5. The van der Waals surface area contributed by atoms with Crippen LogP contribution in [-0.4, -0.2) is 37.1 Å². The van der Waals surface area contributed by atoms with Crippen LogP contribution < -0.4 is 20.3 Å². The fourth-order valence-electron chi connectivity index (χ4n) is 3.77. The number of benzene rings is 1. The number of amides is 2. The number of fused-ring (bicyclic) bond motifs is 2. The van der Waals surface area contributed by atoms with E-state index in [1.165, 1.54) is 26.4 Å². The molecule has 0 unspecified atom stereocenters. The van der Waals surface area contributed by atoms with Gasteiger partial charge in [0.25, 0.3) is 5.91 Å². The predicted octanol–water partition coefficient (Wildman–Crippen LogP) is 0.988. The molecule has 3 rings (SSSR count). The number of rotatable bonds is 5. The van der Waals surface area contributed by atoms with Crippen LogP contribution in [-0.2, 0) is 9.59 Å². The minimum atomic E-state index is -0.992. The number of hydrogen-bond donors (Lipinski definition) is 3. The second-order valence-electron chi connectivity index (χ2n) is 6.35. The zero-order chi connectivity index (χ0) is 18.8. The first kappa shape index (κ1) is 17.8. The summed E-state index contributed by atoms with van der Waals surface area (Å²) in [7, 11) is 2.94. The van der Waals surface area contributed by atoms with Crippen molar-refractivity contribution in [1.29, 1.82) is 0 Å². The van der Waals surface area contributed by atoms with Crippen LogP contribution >= 0.6 is 0 Å². The Morgan fingerprint density at radius 2 is 1.65 bits per heavy atom. The number of carbonyl (C=O) groups is 3. The van der Waals surface area contributed by atoms with E-state index in [4.69, 9.17) is 9.47 Å². The van der Waals surface area contributed by atoms with Gasteiger partial charge in [-0.05, 0) is 36.5 Å². The summed E-state index contributed by atoms with van der Waals surface area (Å²) in [4.78, 5) is 36.2. The van der Waals surface area contributed by atoms with Crippen LogP contribution in [0.4, 0.5) is 0 Å². The van der Waals surface area contributed by atoms with Crippen LogP contribution in [0.5, 0.6) is 11.5 Å². The molecule has 1 saturated carbocycles. The van der Waals surface area contributed by atoms with Gasteiger partial charge in [-0.1, -0.05) is 12.2 Å². The summed E-state index contributed by atoms with van der Waals surface area (Å²) in [6.45, 7) is 0. The molecule has 8 heteroatoms. The van der Waals surface area contributed by atoms with Crippen molar-refractivity contribution in [2.24, 2.45) is 23.7 Å². The maximum absolute atomic E-state index is 12.4. The highest BCUT2D eigenvalue weighted by molar-refractivity contribution is 5.96. The third kappa shape index (κ3) is 3.10. The van der Waals surface area contributed by atoms with E-state index in [1.54, 1.807) is 6.07 Å². The molecule has 8 nitrogen and oxygen atoms in total. The molecule has 2 amide bonds. The molecule has 0 heterocycles. The van der Waals surface area contributed by atoms with Gasteiger partial charge in [-0.3, -0.25) is 25.2 Å². The topological polar surface area (TPSA) is 114 Å². The Balaban J connectivity index is 1.65. The first-order valence-electron chi connectivity index (χ1n) is 8.19. The SMILES string of the molecule is COc1ccc(C(=O)NNC(=O)[C@H]2[C@H](C(=O)O)[C@H]3C=C[C@H]2C3)cc1OC. The van der Waals surface area contributed by atoms with Crippen molar-refractivity contribution in [1.82, 2.24) is 10.9 Å². The van der Waals surface area contributed by atoms with Gasteiger partial charge < -0.3 is 14.6 Å². The van der Waals surface area contributed by atoms with Crippen LogP contribution in [0.3, 0.4) is 0 Å². The van der Waals surface area contributed by atoms with E-state index in [9.17, 15) is 19.5 Å². The highest BCUT2D eigenvalue weighted by Crippen LogP contribution is 2.48. The largest absolute Gasteiger partial charge is 0.493 e. The Hall–Kier alpha value is -3.03. The Bertz CT molecular complexity index is 775. The molecule has 1 aromatic carbocycles. The van der Waals surface area contributed by atoms with E-state index in [0.717, 1.165) is 0 Å². The van der Waals surface area contributed by atoms with E-state index >= 15 is 0 Å². The van der Waals surface area contributed by atoms with Crippen molar-refractivity contribution in [3.8, 4) is 11.5 Å². The molecular weight excluding hydrogens is 340 g/mol. The summed E-state index contributed by atoms with van der Waals surface area (Å²) in [5, 5.41) is 9.39. The number of methoxy groups -OCH3 is 2. The van der Waals surface area contributed by atoms with Gasteiger partial charge in [0.2, 0.25) is 5.91 Å². The van der Waals surface area contributed by atoms with E-state index in [-0.39, 0.29) is 17.4 Å². The third-order valence-electron chi connectivity index (χ3n) is 4.99. The van der Waals surface area contributed by atoms with E-state index in [0.29, 0.717) is 17.9 Å². The third-order valence-corrected chi connectivity index (χ3v) is 4.99. The Labute approximate surface area is 150 Å². The normalized spacial score (nSPS) is 25.6. The van der Waals surface area contributed by atoms with Gasteiger partial charge in [0.1, 0.15) is 0 Å². The lowest BCUT2D eigenvalue weighted by Gasteiger charge is -2.23. The quantitative estimate of drug-likeness (QED) is 0.533. The molecule has 3 N–H and O–H groups in total. The molecule has 138 valence electrons. The van der Waals surface area contributed by atoms with Crippen LogP contribution in [0, 0.1) is 23.7 Å². The molecule has 0 aromatic heterocycles. The van der Waals surface area contributed by atoms with Gasteiger partial charge in [-0.2, -0.15) is 0 Å². The number of hydrogen-bond acceptors (Lipinski definition) is 5.